The summed E-state index contributed by atoms with van der Waals surface area (Å²) in [5, 5.41) is 59.8. The summed E-state index contributed by atoms with van der Waals surface area (Å²) < 4.78 is 25.4. The molecule has 0 aliphatic carbocycles. The van der Waals surface area contributed by atoms with Crippen molar-refractivity contribution in [2.45, 2.75) is 151 Å². The van der Waals surface area contributed by atoms with E-state index in [1.54, 1.807) is 102 Å². The number of aromatic amines is 1. The van der Waals surface area contributed by atoms with Gasteiger partial charge in [0.15, 0.2) is 0 Å². The van der Waals surface area contributed by atoms with Crippen LogP contribution in [0.25, 0.3) is 22.7 Å². The van der Waals surface area contributed by atoms with Crippen LogP contribution in [0.5, 0.6) is 0 Å². The average Bonchev–Trinajstić information content (AvgIpc) is 1.75. The van der Waals surface area contributed by atoms with Crippen LogP contribution in [-0.4, -0.2) is 329 Å². The van der Waals surface area contributed by atoms with Gasteiger partial charge in [-0.15, -0.1) is 15.3 Å². The Morgan fingerprint density at radius 1 is 0.537 bits per heavy atom. The zero-order valence-electron chi connectivity index (χ0n) is 72.5. The van der Waals surface area contributed by atoms with Crippen LogP contribution in [0.4, 0.5) is 41.9 Å². The van der Waals surface area contributed by atoms with Gasteiger partial charge in [-0.25, -0.2) is 9.48 Å². The van der Waals surface area contributed by atoms with E-state index >= 15 is 0 Å². The molecule has 0 bridgehead atoms. The molecule has 4 heterocycles. The van der Waals surface area contributed by atoms with Gasteiger partial charge in [0.2, 0.25) is 20.2 Å². The molecule has 123 heavy (non-hydrogen) atoms. The molecule has 7 N–H and O–H groups in total. The first kappa shape index (κ1) is 123. The number of carbonyl (C=O) groups is 9. The number of halogens is 3. The molecule has 2 unspecified atom stereocenters. The molecule has 1 radical (unpaired) electrons. The third kappa shape index (κ3) is 50.4. The number of nitrogens with one attached hydrogen (secondary N) is 3. The van der Waals surface area contributed by atoms with Crippen LogP contribution in [0.2, 0.25) is 0 Å². The van der Waals surface area contributed by atoms with E-state index in [2.05, 4.69) is 145 Å². The molecule has 4 amide bonds. The number of anilines is 4. The number of rotatable bonds is 31. The van der Waals surface area contributed by atoms with Crippen LogP contribution in [0.15, 0.2) is 113 Å². The minimum atomic E-state index is -0.493. The van der Waals surface area contributed by atoms with Crippen molar-refractivity contribution >= 4 is 217 Å². The Kier molecular flexibility index (Phi) is 74.1. The maximum atomic E-state index is 12.3. The number of nitrogens with zero attached hydrogens (tertiary/aromatic N) is 20. The van der Waals surface area contributed by atoms with Crippen LogP contribution >= 0.6 is 91.0 Å². The molecular formula is C74H115Br2ClK2N25O15S4. The minimum Gasteiger partial charge on any atom is -0.662 e. The van der Waals surface area contributed by atoms with Gasteiger partial charge < -0.3 is 75.7 Å². The Hall–Kier alpha value is -6.70. The van der Waals surface area contributed by atoms with Crippen molar-refractivity contribution < 1.29 is 124 Å². The molecule has 0 aliphatic heterocycles. The van der Waals surface area contributed by atoms with E-state index in [9.17, 15) is 38.4 Å². The van der Waals surface area contributed by atoms with Crippen molar-refractivity contribution in [2.75, 3.05) is 132 Å². The number of thioether (sulfide) groups is 3. The Morgan fingerprint density at radius 3 is 1.19 bits per heavy atom. The Balaban J connectivity index is -0.000000685. The van der Waals surface area contributed by atoms with Crippen LogP contribution < -0.4 is 78.7 Å². The third-order valence-electron chi connectivity index (χ3n) is 15.0. The van der Waals surface area contributed by atoms with Crippen molar-refractivity contribution in [3.05, 3.63) is 102 Å². The van der Waals surface area contributed by atoms with Gasteiger partial charge in [-0.2, -0.15) is 19.3 Å². The standard InChI is InChI=1S/C17H24N6O3S.C16H22N6O3S.C12H16N6OS.C7H7N5S.C6H15N.C5H9BrO2.C5H10ClNO.C4H7BrO2.CH2O3.CH4.2K/c1-5-22(6-2)17(25)27-16-19-20-21-23(16)14-10-8-9-13(11-14)18-12(4)15(24)26-7-3;1-4-21(5-2)16(24)26-15-18-19-20-22(15)13-9-7-8-12(10-13)17-11-14(23)25-6-3;1-3-17(4-2)12(19)20-11-14-15-16-18(11)10-7-5-6-9(13)8-10;8-5-2-1-3-6(4-5)12-7(13)9-10-11-12;1-4-7(5-2)6-3;1-3-8-5(7)4(2)6;1-3-7(4-2)5(6)8;1-2-7-4(6)3-5;2-1-4-3;;;/h8-12,18H,5-7H2,1-4H3;7-10,17H,4-6,11H2,1-3H3;5-8H,3-4,13H2,1-2H3;1-4H,8H2,(H,9,11,13);4-6H2,1-3H3;4H,3H2,1-2H3;3-4H2,1-2H3;2-3H2,1H3;1,3H;1H4;;/q;;;;;;;;;;;+1/p-1. The maximum Gasteiger partial charge on any atom is 1.00 e. The topological polar surface area (TPSA) is 492 Å². The number of hydrogen-bond acceptors (Lipinski definition) is 35. The molecule has 8 rings (SSSR count). The van der Waals surface area contributed by atoms with Gasteiger partial charge in [0.05, 0.1) is 49.2 Å². The summed E-state index contributed by atoms with van der Waals surface area (Å²) in [7, 11) is 0. The minimum absolute atomic E-state index is 0. The second-order valence-corrected chi connectivity index (χ2v) is 28.1. The molecule has 0 aliphatic rings. The quantitative estimate of drug-likeness (QED) is 0.00221. The maximum absolute atomic E-state index is 12.3. The van der Waals surface area contributed by atoms with Crippen LogP contribution in [-0.2, 0) is 47.8 Å². The number of H-pyrrole nitrogens is 1. The van der Waals surface area contributed by atoms with E-state index in [0.29, 0.717) is 127 Å². The molecule has 673 valence electrons. The van der Waals surface area contributed by atoms with Crippen LogP contribution in [0.3, 0.4) is 0 Å². The zero-order chi connectivity index (χ0) is 90.5. The smallest absolute Gasteiger partial charge is 0.662 e. The number of carbonyl (C=O) groups excluding carboxylic acids is 9. The number of aromatic nitrogens is 16. The van der Waals surface area contributed by atoms with E-state index < -0.39 is 6.04 Å². The molecule has 0 saturated carbocycles. The largest absolute Gasteiger partial charge is 1.00 e. The molecule has 0 fully saturated rings. The number of nitrogen functional groups attached to an aromatic ring is 2. The number of ether oxygens (including phenoxy) is 4. The fraction of sp³-hybridized carbons (Fsp3) is 0.500. The van der Waals surface area contributed by atoms with E-state index in [-0.39, 0.29) is 173 Å². The van der Waals surface area contributed by atoms with E-state index in [4.69, 9.17) is 54.8 Å². The first-order valence-corrected chi connectivity index (χ1v) is 43.2. The van der Waals surface area contributed by atoms with Gasteiger partial charge in [0.1, 0.15) is 22.7 Å². The predicted octanol–water partition coefficient (Wildman–Crippen LogP) is 8.48. The summed E-state index contributed by atoms with van der Waals surface area (Å²) in [6.45, 7) is 42.7. The number of nitrogens with two attached hydrogens (primary N) is 2. The second kappa shape index (κ2) is 74.4. The molecule has 0 saturated heterocycles. The number of tetrazole rings is 4. The zero-order valence-corrected chi connectivity index (χ0v) is 85.9. The van der Waals surface area contributed by atoms with Gasteiger partial charge in [-0.05, 0) is 244 Å². The van der Waals surface area contributed by atoms with Crippen molar-refractivity contribution in [2.24, 2.45) is 0 Å². The molecule has 8 aromatic rings. The van der Waals surface area contributed by atoms with Gasteiger partial charge in [0, 0.05) is 162 Å². The van der Waals surface area contributed by atoms with E-state index in [1.165, 1.54) is 33.7 Å². The molecule has 0 spiro atoms. The van der Waals surface area contributed by atoms with Crippen molar-refractivity contribution in [1.29, 1.82) is 0 Å². The second-order valence-electron chi connectivity index (χ2n) is 22.8. The fourth-order valence-electron chi connectivity index (χ4n) is 8.81. The first-order chi connectivity index (χ1) is 57.5. The average molecular weight is 2000 g/mol. The predicted molar refractivity (Wildman–Crippen MR) is 483 cm³/mol. The number of hydrogen-bond donors (Lipinski definition) is 5. The van der Waals surface area contributed by atoms with Crippen molar-refractivity contribution in [3.8, 4) is 22.7 Å². The summed E-state index contributed by atoms with van der Waals surface area (Å²) in [5.74, 6) is -1.07. The summed E-state index contributed by atoms with van der Waals surface area (Å²) in [5.41, 5.74) is 17.0. The molecule has 2 atom stereocenters. The summed E-state index contributed by atoms with van der Waals surface area (Å²) >= 11 is 19.0. The van der Waals surface area contributed by atoms with Crippen molar-refractivity contribution in [3.63, 3.8) is 0 Å². The van der Waals surface area contributed by atoms with Gasteiger partial charge in [0.25, 0.3) is 22.2 Å². The number of benzene rings is 4. The number of amides is 4. The third-order valence-corrected chi connectivity index (χ3v) is 18.9. The molecule has 40 nitrogen and oxygen atoms in total. The van der Waals surface area contributed by atoms with Crippen LogP contribution in [0.1, 0.15) is 125 Å². The fourth-order valence-corrected chi connectivity index (χ4v) is 12.1. The summed E-state index contributed by atoms with van der Waals surface area (Å²) in [6.07, 6.45) is 0. The Labute approximate surface area is 844 Å². The number of esters is 4. The Morgan fingerprint density at radius 2 is 0.886 bits per heavy atom. The molecule has 4 aromatic heterocycles. The van der Waals surface area contributed by atoms with E-state index in [0.717, 1.165) is 58.0 Å². The molecular weight excluding hydrogens is 1880 g/mol. The van der Waals surface area contributed by atoms with Gasteiger partial charge >= 0.3 is 80.6 Å². The summed E-state index contributed by atoms with van der Waals surface area (Å²) in [6, 6.07) is 28.5. The van der Waals surface area contributed by atoms with Gasteiger partial charge in [-0.1, -0.05) is 94.6 Å². The Bertz CT molecular complexity index is 4310. The van der Waals surface area contributed by atoms with Crippen molar-refractivity contribution in [1.82, 2.24) is 105 Å². The summed E-state index contributed by atoms with van der Waals surface area (Å²) in [4.78, 5) is 111. The van der Waals surface area contributed by atoms with Gasteiger partial charge in [-0.3, -0.25) is 38.4 Å². The monoisotopic (exact) mass is 1990 g/mol. The van der Waals surface area contributed by atoms with Crippen LogP contribution in [0, 0.1) is 4.77 Å². The van der Waals surface area contributed by atoms with E-state index in [1.807, 2.05) is 116 Å². The number of alkyl halides is 2. The molecule has 4 aromatic carbocycles. The SMILES string of the molecule is C.CCN(CC)C(=O)Cl.CCN(CC)C(=O)Sc1nnnn1-c1cccc(N)c1.CCN(CC)CC.CCOC(=O)C(C)Br.CCOC(=O)C(C)Nc1cccc(-n2nnnc2SC(=O)N(CC)CC)c1.CCOC(=O)CBr.CCOC(=O)CNc1cccc(-n2nnnc2SC(=O)N(CC)CC)c1.Nc1cccc(-n2[nH]nnc2=S)c1.O=CO[O-].[K+].[K]. The molecule has 49 heteroatoms. The first-order valence-electron chi connectivity index (χ1n) is 37.9. The normalized spacial score (nSPS) is 10.2.